The molecule has 2 amide bonds. The molecule has 0 spiro atoms. The van der Waals surface area contributed by atoms with Gasteiger partial charge in [-0.05, 0) is 34.1 Å². The molecule has 1 aliphatic heterocycles. The highest BCUT2D eigenvalue weighted by Gasteiger charge is 2.34. The van der Waals surface area contributed by atoms with Gasteiger partial charge in [0.1, 0.15) is 12.2 Å². The van der Waals surface area contributed by atoms with Gasteiger partial charge in [-0.2, -0.15) is 5.10 Å². The predicted molar refractivity (Wildman–Crippen MR) is 74.1 cm³/mol. The molecule has 1 aromatic rings. The van der Waals surface area contributed by atoms with Crippen molar-refractivity contribution >= 4 is 6.03 Å². The largest absolute Gasteiger partial charge is 0.388 e. The summed E-state index contributed by atoms with van der Waals surface area (Å²) in [5.74, 6) is 0.719. The minimum atomic E-state index is -0.775. The second-order valence-electron chi connectivity index (χ2n) is 6.59. The smallest absolute Gasteiger partial charge is 0.317 e. The molecule has 1 aromatic heterocycles. The number of aromatic nitrogens is 3. The highest BCUT2D eigenvalue weighted by atomic mass is 16.3. The molecule has 1 saturated heterocycles. The standard InChI is InChI=1S/C13H23N5O2/c1-12(2,3)18-10(15-9-16-18)7-14-11(19)17-6-5-13(4,20)8-17/h9,20H,5-8H2,1-4H3,(H,14,19). The van der Waals surface area contributed by atoms with Gasteiger partial charge in [-0.25, -0.2) is 14.5 Å². The summed E-state index contributed by atoms with van der Waals surface area (Å²) in [4.78, 5) is 17.8. The number of urea groups is 1. The Labute approximate surface area is 119 Å². The van der Waals surface area contributed by atoms with Crippen LogP contribution in [0, 0.1) is 0 Å². The van der Waals surface area contributed by atoms with E-state index < -0.39 is 5.60 Å². The van der Waals surface area contributed by atoms with Crippen LogP contribution in [-0.4, -0.2) is 49.5 Å². The van der Waals surface area contributed by atoms with Crippen molar-refractivity contribution in [2.45, 2.75) is 51.8 Å². The molecule has 0 saturated carbocycles. The third-order valence-electron chi connectivity index (χ3n) is 3.39. The molecule has 0 aromatic carbocycles. The Hall–Kier alpha value is -1.63. The molecule has 2 heterocycles. The number of amides is 2. The van der Waals surface area contributed by atoms with Gasteiger partial charge in [0.25, 0.3) is 0 Å². The van der Waals surface area contributed by atoms with Crippen LogP contribution in [0.1, 0.15) is 39.9 Å². The van der Waals surface area contributed by atoms with Gasteiger partial charge >= 0.3 is 6.03 Å². The summed E-state index contributed by atoms with van der Waals surface area (Å²) in [5.41, 5.74) is -0.948. The van der Waals surface area contributed by atoms with E-state index in [4.69, 9.17) is 0 Å². The van der Waals surface area contributed by atoms with Crippen LogP contribution in [0.25, 0.3) is 0 Å². The summed E-state index contributed by atoms with van der Waals surface area (Å²) in [6.45, 7) is 9.11. The first-order chi connectivity index (χ1) is 9.19. The molecule has 0 bridgehead atoms. The van der Waals surface area contributed by atoms with Crippen LogP contribution in [0.5, 0.6) is 0 Å². The van der Waals surface area contributed by atoms with Gasteiger partial charge < -0.3 is 15.3 Å². The Kier molecular flexibility index (Phi) is 3.73. The van der Waals surface area contributed by atoms with Gasteiger partial charge in [0.05, 0.1) is 24.2 Å². The van der Waals surface area contributed by atoms with Crippen LogP contribution in [0.2, 0.25) is 0 Å². The molecule has 1 fully saturated rings. The molecule has 112 valence electrons. The Morgan fingerprint density at radius 2 is 2.25 bits per heavy atom. The number of carbonyl (C=O) groups excluding carboxylic acids is 1. The Morgan fingerprint density at radius 3 is 2.80 bits per heavy atom. The van der Waals surface area contributed by atoms with Crippen LogP contribution in [0.4, 0.5) is 4.79 Å². The molecule has 1 unspecified atom stereocenters. The number of hydrogen-bond donors (Lipinski definition) is 2. The number of rotatable bonds is 2. The average molecular weight is 281 g/mol. The molecule has 2 rings (SSSR count). The minimum absolute atomic E-state index is 0.173. The summed E-state index contributed by atoms with van der Waals surface area (Å²) in [7, 11) is 0. The SMILES string of the molecule is CC1(O)CCN(C(=O)NCc2ncnn2C(C)(C)C)C1. The molecular weight excluding hydrogens is 258 g/mol. The van der Waals surface area contributed by atoms with Gasteiger partial charge in [0, 0.05) is 6.54 Å². The molecule has 1 atom stereocenters. The third-order valence-corrected chi connectivity index (χ3v) is 3.39. The van der Waals surface area contributed by atoms with E-state index in [1.165, 1.54) is 6.33 Å². The van der Waals surface area contributed by atoms with Gasteiger partial charge in [-0.15, -0.1) is 0 Å². The van der Waals surface area contributed by atoms with Crippen molar-refractivity contribution in [2.24, 2.45) is 0 Å². The zero-order chi connectivity index (χ0) is 15.0. The van der Waals surface area contributed by atoms with Gasteiger partial charge in [-0.1, -0.05) is 0 Å². The summed E-state index contributed by atoms with van der Waals surface area (Å²) in [6, 6.07) is -0.175. The van der Waals surface area contributed by atoms with E-state index in [0.29, 0.717) is 26.1 Å². The molecule has 0 radical (unpaired) electrons. The molecular formula is C13H23N5O2. The van der Waals surface area contributed by atoms with E-state index in [0.717, 1.165) is 5.82 Å². The number of hydrogen-bond acceptors (Lipinski definition) is 4. The molecule has 2 N–H and O–H groups in total. The number of carbonyl (C=O) groups is 1. The second kappa shape index (κ2) is 5.05. The Bertz CT molecular complexity index is 489. The average Bonchev–Trinajstić information content (AvgIpc) is 2.91. The van der Waals surface area contributed by atoms with Gasteiger partial charge in [0.15, 0.2) is 0 Å². The third kappa shape index (κ3) is 3.27. The molecule has 0 aliphatic carbocycles. The summed E-state index contributed by atoms with van der Waals surface area (Å²) < 4.78 is 1.80. The van der Waals surface area contributed by atoms with Gasteiger partial charge in [0.2, 0.25) is 0 Å². The second-order valence-corrected chi connectivity index (χ2v) is 6.59. The fourth-order valence-corrected chi connectivity index (χ4v) is 2.33. The monoisotopic (exact) mass is 281 g/mol. The van der Waals surface area contributed by atoms with Crippen molar-refractivity contribution in [3.05, 3.63) is 12.2 Å². The number of likely N-dealkylation sites (tertiary alicyclic amines) is 1. The van der Waals surface area contributed by atoms with Crippen molar-refractivity contribution in [3.63, 3.8) is 0 Å². The lowest BCUT2D eigenvalue weighted by Gasteiger charge is -2.22. The topological polar surface area (TPSA) is 83.3 Å². The molecule has 7 nitrogen and oxygen atoms in total. The van der Waals surface area contributed by atoms with E-state index in [9.17, 15) is 9.90 Å². The molecule has 7 heteroatoms. The quantitative estimate of drug-likeness (QED) is 0.836. The van der Waals surface area contributed by atoms with Crippen LogP contribution in [0.3, 0.4) is 0 Å². The Morgan fingerprint density at radius 1 is 1.55 bits per heavy atom. The first-order valence-electron chi connectivity index (χ1n) is 6.84. The highest BCUT2D eigenvalue weighted by Crippen LogP contribution is 2.20. The maximum atomic E-state index is 12.0. The maximum absolute atomic E-state index is 12.0. The fraction of sp³-hybridized carbons (Fsp3) is 0.769. The Balaban J connectivity index is 1.93. The van der Waals surface area contributed by atoms with E-state index in [1.54, 1.807) is 16.5 Å². The van der Waals surface area contributed by atoms with Crippen molar-refractivity contribution in [1.82, 2.24) is 25.0 Å². The minimum Gasteiger partial charge on any atom is -0.388 e. The maximum Gasteiger partial charge on any atom is 0.317 e. The van der Waals surface area contributed by atoms with Crippen molar-refractivity contribution in [1.29, 1.82) is 0 Å². The lowest BCUT2D eigenvalue weighted by atomic mass is 10.1. The lowest BCUT2D eigenvalue weighted by Crippen LogP contribution is -2.41. The normalized spacial score (nSPS) is 23.1. The lowest BCUT2D eigenvalue weighted by molar-refractivity contribution is 0.0719. The highest BCUT2D eigenvalue weighted by molar-refractivity contribution is 5.74. The molecule has 1 aliphatic rings. The number of aliphatic hydroxyl groups is 1. The number of nitrogens with zero attached hydrogens (tertiary/aromatic N) is 4. The first kappa shape index (κ1) is 14.8. The first-order valence-corrected chi connectivity index (χ1v) is 6.84. The van der Waals surface area contributed by atoms with E-state index in [-0.39, 0.29) is 11.6 Å². The van der Waals surface area contributed by atoms with E-state index >= 15 is 0 Å². The number of β-amino-alcohol motifs (C(OH)–C–C–N with tert-alkyl or cyclic N) is 1. The van der Waals surface area contributed by atoms with E-state index in [2.05, 4.69) is 15.4 Å². The zero-order valence-electron chi connectivity index (χ0n) is 12.6. The fourth-order valence-electron chi connectivity index (χ4n) is 2.33. The van der Waals surface area contributed by atoms with Crippen LogP contribution >= 0.6 is 0 Å². The summed E-state index contributed by atoms with van der Waals surface area (Å²) in [5, 5.41) is 16.9. The van der Waals surface area contributed by atoms with Crippen molar-refractivity contribution in [2.75, 3.05) is 13.1 Å². The zero-order valence-corrected chi connectivity index (χ0v) is 12.6. The van der Waals surface area contributed by atoms with Crippen molar-refractivity contribution < 1.29 is 9.90 Å². The van der Waals surface area contributed by atoms with Crippen molar-refractivity contribution in [3.8, 4) is 0 Å². The summed E-state index contributed by atoms with van der Waals surface area (Å²) in [6.07, 6.45) is 2.10. The van der Waals surface area contributed by atoms with Crippen LogP contribution in [0.15, 0.2) is 6.33 Å². The predicted octanol–water partition coefficient (Wildman–Crippen LogP) is 0.699. The summed E-state index contributed by atoms with van der Waals surface area (Å²) >= 11 is 0. The number of nitrogens with one attached hydrogen (secondary N) is 1. The van der Waals surface area contributed by atoms with Gasteiger partial charge in [-0.3, -0.25) is 0 Å². The van der Waals surface area contributed by atoms with Crippen LogP contribution < -0.4 is 5.32 Å². The molecule has 20 heavy (non-hydrogen) atoms. The van der Waals surface area contributed by atoms with Crippen LogP contribution in [-0.2, 0) is 12.1 Å². The van der Waals surface area contributed by atoms with E-state index in [1.807, 2.05) is 20.8 Å².